The minimum absolute atomic E-state index is 0.0876. The second kappa shape index (κ2) is 9.15. The first kappa shape index (κ1) is 23.1. The van der Waals surface area contributed by atoms with Crippen molar-refractivity contribution >= 4 is 43.7 Å². The van der Waals surface area contributed by atoms with E-state index < -0.39 is 5.63 Å². The van der Waals surface area contributed by atoms with Crippen molar-refractivity contribution < 1.29 is 13.9 Å². The number of aryl methyl sites for hydroxylation is 1. The zero-order chi connectivity index (χ0) is 24.7. The molecule has 0 unspecified atom stereocenters. The summed E-state index contributed by atoms with van der Waals surface area (Å²) in [6.07, 6.45) is 0.618. The maximum atomic E-state index is 12.5. The lowest BCUT2D eigenvalue weighted by molar-refractivity contribution is 0.101. The van der Waals surface area contributed by atoms with E-state index >= 15 is 0 Å². The van der Waals surface area contributed by atoms with Gasteiger partial charge < -0.3 is 13.7 Å². The van der Waals surface area contributed by atoms with Gasteiger partial charge >= 0.3 is 5.63 Å². The van der Waals surface area contributed by atoms with Crippen molar-refractivity contribution in [1.29, 1.82) is 0 Å². The third kappa shape index (κ3) is 4.39. The summed E-state index contributed by atoms with van der Waals surface area (Å²) in [6, 6.07) is 19.9. The smallest absolute Gasteiger partial charge is 0.347 e. The first-order valence-corrected chi connectivity index (χ1v) is 12.0. The van der Waals surface area contributed by atoms with Gasteiger partial charge in [-0.15, -0.1) is 0 Å². The maximum absolute atomic E-state index is 12.5. The fraction of sp³-hybridized carbons (Fsp3) is 0.179. The zero-order valence-electron chi connectivity index (χ0n) is 19.6. The van der Waals surface area contributed by atoms with Crippen LogP contribution in [0.15, 0.2) is 74.3 Å². The van der Waals surface area contributed by atoms with Gasteiger partial charge in [0.15, 0.2) is 5.78 Å². The number of benzene rings is 3. The van der Waals surface area contributed by atoms with Crippen molar-refractivity contribution in [2.24, 2.45) is 0 Å². The molecule has 5 rings (SSSR count). The van der Waals surface area contributed by atoms with Crippen molar-refractivity contribution in [1.82, 2.24) is 9.55 Å². The Morgan fingerprint density at radius 2 is 1.74 bits per heavy atom. The predicted molar refractivity (Wildman–Crippen MR) is 140 cm³/mol. The van der Waals surface area contributed by atoms with Gasteiger partial charge in [0, 0.05) is 28.9 Å². The average Bonchev–Trinajstić information content (AvgIpc) is 3.15. The van der Waals surface area contributed by atoms with E-state index in [2.05, 4.69) is 32.6 Å². The molecule has 2 heterocycles. The molecule has 0 spiro atoms. The van der Waals surface area contributed by atoms with Gasteiger partial charge in [0.05, 0.1) is 18.1 Å². The minimum atomic E-state index is -0.612. The number of aromatic nitrogens is 2. The molecule has 0 radical (unpaired) electrons. The third-order valence-electron chi connectivity index (χ3n) is 6.24. The Hall–Kier alpha value is -3.71. The van der Waals surface area contributed by atoms with Crippen LogP contribution in [0.5, 0.6) is 5.75 Å². The Balaban J connectivity index is 1.70. The summed E-state index contributed by atoms with van der Waals surface area (Å²) in [6.45, 7) is 3.76. The predicted octanol–water partition coefficient (Wildman–Crippen LogP) is 6.06. The topological polar surface area (TPSA) is 74.3 Å². The van der Waals surface area contributed by atoms with Crippen LogP contribution in [0, 0.1) is 6.92 Å². The van der Waals surface area contributed by atoms with E-state index in [-0.39, 0.29) is 11.3 Å². The van der Waals surface area contributed by atoms with Crippen molar-refractivity contribution in [2.45, 2.75) is 26.8 Å². The van der Waals surface area contributed by atoms with Crippen molar-refractivity contribution in [2.75, 3.05) is 7.11 Å². The van der Waals surface area contributed by atoms with E-state index in [4.69, 9.17) is 14.1 Å². The number of ketones is 1. The van der Waals surface area contributed by atoms with Gasteiger partial charge in [-0.05, 0) is 60.9 Å². The van der Waals surface area contributed by atoms with Gasteiger partial charge in [-0.2, -0.15) is 0 Å². The number of carbonyl (C=O) groups is 1. The number of Topliss-reactive ketones (excluding diaryl/α,β-unsaturated/α-hetero) is 1. The molecule has 0 fully saturated rings. The molecule has 176 valence electrons. The number of rotatable bonds is 6. The molecule has 6 nitrogen and oxygen atoms in total. The third-order valence-corrected chi connectivity index (χ3v) is 6.77. The van der Waals surface area contributed by atoms with E-state index in [1.165, 1.54) is 6.92 Å². The van der Waals surface area contributed by atoms with Gasteiger partial charge in [0.1, 0.15) is 22.7 Å². The summed E-state index contributed by atoms with van der Waals surface area (Å²) in [7, 11) is 1.65. The average molecular weight is 531 g/mol. The van der Waals surface area contributed by atoms with Gasteiger partial charge in [-0.25, -0.2) is 9.78 Å². The van der Waals surface area contributed by atoms with Crippen molar-refractivity contribution in [3.8, 4) is 5.75 Å². The highest BCUT2D eigenvalue weighted by Crippen LogP contribution is 2.28. The summed E-state index contributed by atoms with van der Waals surface area (Å²) < 4.78 is 14.0. The molecule has 0 bridgehead atoms. The van der Waals surface area contributed by atoms with Crippen molar-refractivity contribution in [3.63, 3.8) is 0 Å². The van der Waals surface area contributed by atoms with Crippen LogP contribution >= 0.6 is 15.9 Å². The molecule has 35 heavy (non-hydrogen) atoms. The van der Waals surface area contributed by atoms with Gasteiger partial charge in [-0.1, -0.05) is 40.2 Å². The van der Waals surface area contributed by atoms with Crippen molar-refractivity contribution in [3.05, 3.63) is 104 Å². The van der Waals surface area contributed by atoms with Crippen LogP contribution in [0.1, 0.15) is 39.8 Å². The Morgan fingerprint density at radius 3 is 2.40 bits per heavy atom. The minimum Gasteiger partial charge on any atom is -0.497 e. The lowest BCUT2D eigenvalue weighted by Gasteiger charge is -2.11. The van der Waals surface area contributed by atoms with Gasteiger partial charge in [-0.3, -0.25) is 4.79 Å². The molecular formula is C28H23BrN2O4. The SMILES string of the molecule is COc1ccc(Cc2nc3cc4c(C)c(C(C)=O)c(=O)oc4cc3n2Cc2ccc(Br)cc2)cc1. The Kier molecular flexibility index (Phi) is 6.03. The molecule has 0 aliphatic heterocycles. The highest BCUT2D eigenvalue weighted by Gasteiger charge is 2.19. The Bertz CT molecular complexity index is 1630. The number of methoxy groups -OCH3 is 1. The molecule has 3 aromatic carbocycles. The largest absolute Gasteiger partial charge is 0.497 e. The zero-order valence-corrected chi connectivity index (χ0v) is 21.2. The molecule has 7 heteroatoms. The van der Waals surface area contributed by atoms with Crippen LogP contribution in [-0.4, -0.2) is 22.4 Å². The number of halogens is 1. The summed E-state index contributed by atoms with van der Waals surface area (Å²) in [4.78, 5) is 29.5. The Morgan fingerprint density at radius 1 is 1.06 bits per heavy atom. The number of hydrogen-bond acceptors (Lipinski definition) is 5. The highest BCUT2D eigenvalue weighted by molar-refractivity contribution is 9.10. The van der Waals surface area contributed by atoms with E-state index in [1.54, 1.807) is 14.0 Å². The van der Waals surface area contributed by atoms with Crippen LogP contribution < -0.4 is 10.4 Å². The summed E-state index contributed by atoms with van der Waals surface area (Å²) in [5, 5.41) is 0.714. The van der Waals surface area contributed by atoms with E-state index in [0.29, 0.717) is 29.5 Å². The highest BCUT2D eigenvalue weighted by atomic mass is 79.9. The molecule has 0 aliphatic carbocycles. The number of carbonyl (C=O) groups excluding carboxylic acids is 1. The first-order valence-electron chi connectivity index (χ1n) is 11.2. The molecule has 2 aromatic heterocycles. The molecule has 5 aromatic rings. The van der Waals surface area contributed by atoms with E-state index in [1.807, 2.05) is 48.5 Å². The lowest BCUT2D eigenvalue weighted by atomic mass is 10.0. The molecule has 0 amide bonds. The standard InChI is InChI=1S/C28H23BrN2O4/c1-16-22-13-23-24(14-25(22)35-28(33)27(16)17(2)32)31(15-19-4-8-20(29)9-5-19)26(30-23)12-18-6-10-21(34-3)11-7-18/h4-11,13-14H,12,15H2,1-3H3. The van der Waals surface area contributed by atoms with Crippen LogP contribution in [0.4, 0.5) is 0 Å². The van der Waals surface area contributed by atoms with E-state index in [9.17, 15) is 9.59 Å². The number of fused-ring (bicyclic) bond motifs is 2. The number of imidazole rings is 1. The summed E-state index contributed by atoms with van der Waals surface area (Å²) in [5.41, 5.74) is 4.40. The van der Waals surface area contributed by atoms with Gasteiger partial charge in [0.2, 0.25) is 0 Å². The molecule has 0 saturated heterocycles. The summed E-state index contributed by atoms with van der Waals surface area (Å²) in [5.74, 6) is 1.38. The fourth-order valence-corrected chi connectivity index (χ4v) is 4.70. The van der Waals surface area contributed by atoms with Crippen LogP contribution in [0.25, 0.3) is 22.0 Å². The first-order chi connectivity index (χ1) is 16.8. The second-order valence-corrected chi connectivity index (χ2v) is 9.46. The number of hydrogen-bond donors (Lipinski definition) is 0. The van der Waals surface area contributed by atoms with E-state index in [0.717, 1.165) is 38.2 Å². The second-order valence-electron chi connectivity index (χ2n) is 8.55. The Labute approximate surface area is 210 Å². The monoisotopic (exact) mass is 530 g/mol. The molecule has 0 aliphatic rings. The normalized spacial score (nSPS) is 11.3. The van der Waals surface area contributed by atoms with Crippen LogP contribution in [-0.2, 0) is 13.0 Å². The molecule has 0 atom stereocenters. The lowest BCUT2D eigenvalue weighted by Crippen LogP contribution is -2.14. The molecule has 0 saturated carbocycles. The fourth-order valence-electron chi connectivity index (χ4n) is 4.44. The van der Waals surface area contributed by atoms with Crippen LogP contribution in [0.2, 0.25) is 0 Å². The number of nitrogens with zero attached hydrogens (tertiary/aromatic N) is 2. The quantitative estimate of drug-likeness (QED) is 0.197. The summed E-state index contributed by atoms with van der Waals surface area (Å²) >= 11 is 3.49. The number of ether oxygens (including phenoxy) is 1. The van der Waals surface area contributed by atoms with Gasteiger partial charge in [0.25, 0.3) is 0 Å². The molecule has 0 N–H and O–H groups in total. The molecular weight excluding hydrogens is 508 g/mol. The van der Waals surface area contributed by atoms with Crippen LogP contribution in [0.3, 0.4) is 0 Å². The maximum Gasteiger partial charge on any atom is 0.347 e.